The van der Waals surface area contributed by atoms with Gasteiger partial charge in [-0.25, -0.2) is 4.98 Å². The third-order valence-electron chi connectivity index (χ3n) is 6.57. The smallest absolute Gasteiger partial charge is 0.234 e. The summed E-state index contributed by atoms with van der Waals surface area (Å²) >= 11 is 0. The van der Waals surface area contributed by atoms with Crippen LogP contribution in [0, 0.1) is 11.3 Å². The number of nitriles is 1. The molecule has 170 valence electrons. The van der Waals surface area contributed by atoms with Gasteiger partial charge in [-0.2, -0.15) is 5.26 Å². The highest BCUT2D eigenvalue weighted by Gasteiger charge is 2.44. The Hall–Kier alpha value is -3.21. The third kappa shape index (κ3) is 4.24. The number of hydrogen-bond donors (Lipinski definition) is 0. The molecule has 0 N–H and O–H groups in total. The number of benzene rings is 2. The Morgan fingerprint density at radius 3 is 2.55 bits per heavy atom. The van der Waals surface area contributed by atoms with Gasteiger partial charge in [0.05, 0.1) is 0 Å². The summed E-state index contributed by atoms with van der Waals surface area (Å²) in [6.45, 7) is 4.56. The third-order valence-corrected chi connectivity index (χ3v) is 6.57. The number of oxazole rings is 1. The molecule has 6 rings (SSSR count). The largest absolute Gasteiger partial charge is 0.454 e. The van der Waals surface area contributed by atoms with E-state index in [0.29, 0.717) is 30.2 Å². The summed E-state index contributed by atoms with van der Waals surface area (Å²) in [4.78, 5) is 9.12. The molecule has 0 radical (unpaired) electrons. The molecule has 3 aromatic rings. The SMILES string of the molecule is Cl.N#Cc1nc(C2CC2c2ccccc2)oc1N1CCN(Cc2ccc3c(c2)OCO3)CC1. The zero-order chi connectivity index (χ0) is 21.5. The summed E-state index contributed by atoms with van der Waals surface area (Å²) < 4.78 is 17.1. The average molecular weight is 465 g/mol. The predicted octanol–water partition coefficient (Wildman–Crippen LogP) is 4.29. The molecule has 7 nitrogen and oxygen atoms in total. The van der Waals surface area contributed by atoms with Gasteiger partial charge in [0.1, 0.15) is 6.07 Å². The zero-order valence-electron chi connectivity index (χ0n) is 18.1. The van der Waals surface area contributed by atoms with Gasteiger partial charge in [-0.3, -0.25) is 4.90 Å². The van der Waals surface area contributed by atoms with E-state index in [0.717, 1.165) is 50.6 Å². The summed E-state index contributed by atoms with van der Waals surface area (Å²) in [7, 11) is 0. The van der Waals surface area contributed by atoms with Gasteiger partial charge < -0.3 is 18.8 Å². The topological polar surface area (TPSA) is 74.8 Å². The molecular weight excluding hydrogens is 440 g/mol. The first-order valence-corrected chi connectivity index (χ1v) is 11.1. The molecule has 0 amide bonds. The highest BCUT2D eigenvalue weighted by atomic mass is 35.5. The molecule has 2 fully saturated rings. The van der Waals surface area contributed by atoms with Crippen LogP contribution in [0.15, 0.2) is 52.9 Å². The molecule has 2 aliphatic heterocycles. The van der Waals surface area contributed by atoms with Gasteiger partial charge in [0.25, 0.3) is 0 Å². The van der Waals surface area contributed by atoms with E-state index in [1.165, 1.54) is 11.1 Å². The minimum atomic E-state index is 0. The molecule has 2 atom stereocenters. The van der Waals surface area contributed by atoms with Crippen LogP contribution in [-0.2, 0) is 6.54 Å². The fourth-order valence-corrected chi connectivity index (χ4v) is 4.72. The summed E-state index contributed by atoms with van der Waals surface area (Å²) in [5.74, 6) is 3.67. The van der Waals surface area contributed by atoms with E-state index in [-0.39, 0.29) is 18.3 Å². The van der Waals surface area contributed by atoms with Crippen LogP contribution in [0.5, 0.6) is 11.5 Å². The molecule has 1 aromatic heterocycles. The maximum atomic E-state index is 9.64. The number of hydrogen-bond acceptors (Lipinski definition) is 7. The van der Waals surface area contributed by atoms with Crippen molar-refractivity contribution >= 4 is 18.3 Å². The van der Waals surface area contributed by atoms with Crippen molar-refractivity contribution in [1.29, 1.82) is 5.26 Å². The van der Waals surface area contributed by atoms with Crippen LogP contribution in [0.4, 0.5) is 5.88 Å². The summed E-state index contributed by atoms with van der Waals surface area (Å²) in [5.41, 5.74) is 2.93. The highest BCUT2D eigenvalue weighted by Crippen LogP contribution is 2.54. The number of fused-ring (bicyclic) bond motifs is 1. The van der Waals surface area contributed by atoms with Crippen molar-refractivity contribution < 1.29 is 13.9 Å². The molecule has 33 heavy (non-hydrogen) atoms. The molecule has 0 bridgehead atoms. The van der Waals surface area contributed by atoms with Crippen LogP contribution in [0.3, 0.4) is 0 Å². The fraction of sp³-hybridized carbons (Fsp3) is 0.360. The van der Waals surface area contributed by atoms with Gasteiger partial charge >= 0.3 is 0 Å². The van der Waals surface area contributed by atoms with Crippen molar-refractivity contribution in [2.75, 3.05) is 37.9 Å². The van der Waals surface area contributed by atoms with E-state index in [9.17, 15) is 5.26 Å². The Bertz CT molecular complexity index is 1170. The number of halogens is 1. The van der Waals surface area contributed by atoms with Gasteiger partial charge in [0.2, 0.25) is 24.3 Å². The zero-order valence-corrected chi connectivity index (χ0v) is 19.0. The van der Waals surface area contributed by atoms with Crippen LogP contribution < -0.4 is 14.4 Å². The van der Waals surface area contributed by atoms with E-state index >= 15 is 0 Å². The average Bonchev–Trinajstić information content (AvgIpc) is 3.30. The van der Waals surface area contributed by atoms with Crippen molar-refractivity contribution in [3.8, 4) is 17.6 Å². The Kier molecular flexibility index (Phi) is 5.88. The lowest BCUT2D eigenvalue weighted by atomic mass is 10.1. The first-order valence-electron chi connectivity index (χ1n) is 11.1. The number of piperazine rings is 1. The maximum absolute atomic E-state index is 9.64. The molecule has 3 heterocycles. The lowest BCUT2D eigenvalue weighted by Gasteiger charge is -2.34. The predicted molar refractivity (Wildman–Crippen MR) is 125 cm³/mol. The Labute approximate surface area is 198 Å². The van der Waals surface area contributed by atoms with E-state index in [1.807, 2.05) is 12.1 Å². The lowest BCUT2D eigenvalue weighted by molar-refractivity contribution is 0.174. The van der Waals surface area contributed by atoms with Crippen molar-refractivity contribution in [3.05, 3.63) is 71.2 Å². The van der Waals surface area contributed by atoms with E-state index in [2.05, 4.69) is 57.3 Å². The fourth-order valence-electron chi connectivity index (χ4n) is 4.72. The lowest BCUT2D eigenvalue weighted by Crippen LogP contribution is -2.46. The van der Waals surface area contributed by atoms with Crippen LogP contribution in [-0.4, -0.2) is 42.9 Å². The minimum absolute atomic E-state index is 0. The second kappa shape index (κ2) is 8.97. The van der Waals surface area contributed by atoms with Crippen LogP contribution >= 0.6 is 12.4 Å². The van der Waals surface area contributed by atoms with Crippen molar-refractivity contribution in [3.63, 3.8) is 0 Å². The molecule has 2 unspecified atom stereocenters. The Balaban J connectivity index is 0.00000228. The molecule has 0 spiro atoms. The molecule has 1 saturated heterocycles. The van der Waals surface area contributed by atoms with E-state index < -0.39 is 0 Å². The molecule has 1 aliphatic carbocycles. The first-order chi connectivity index (χ1) is 15.8. The number of nitrogens with zero attached hydrogens (tertiary/aromatic N) is 4. The van der Waals surface area contributed by atoms with Gasteiger partial charge in [0, 0.05) is 38.6 Å². The monoisotopic (exact) mass is 464 g/mol. The van der Waals surface area contributed by atoms with Gasteiger partial charge in [-0.05, 0) is 35.6 Å². The molecule has 8 heteroatoms. The maximum Gasteiger partial charge on any atom is 0.234 e. The number of anilines is 1. The van der Waals surface area contributed by atoms with E-state index in [4.69, 9.17) is 13.9 Å². The second-order valence-electron chi connectivity index (χ2n) is 8.63. The van der Waals surface area contributed by atoms with Gasteiger partial charge in [0.15, 0.2) is 11.5 Å². The number of rotatable bonds is 5. The Morgan fingerprint density at radius 2 is 1.76 bits per heavy atom. The molecule has 3 aliphatic rings. The normalized spacial score (nSPS) is 21.4. The Morgan fingerprint density at radius 1 is 0.970 bits per heavy atom. The summed E-state index contributed by atoms with van der Waals surface area (Å²) in [6, 6.07) is 18.8. The van der Waals surface area contributed by atoms with Gasteiger partial charge in [-0.15, -0.1) is 12.4 Å². The number of aromatic nitrogens is 1. The van der Waals surface area contributed by atoms with Crippen molar-refractivity contribution in [2.24, 2.45) is 0 Å². The number of ether oxygens (including phenoxy) is 2. The quantitative estimate of drug-likeness (QED) is 0.557. The van der Waals surface area contributed by atoms with Crippen molar-refractivity contribution in [2.45, 2.75) is 24.8 Å². The molecular formula is C25H25ClN4O3. The summed E-state index contributed by atoms with van der Waals surface area (Å²) in [5, 5.41) is 9.64. The summed E-state index contributed by atoms with van der Waals surface area (Å²) in [6.07, 6.45) is 1.03. The standard InChI is InChI=1S/C25H24N4O3.ClH/c26-14-21-25(32-24(27-21)20-13-19(20)18-4-2-1-3-5-18)29-10-8-28(9-11-29)15-17-6-7-22-23(12-17)31-16-30-22;/h1-7,12,19-20H,8-11,13,15-16H2;1H. The molecule has 1 saturated carbocycles. The van der Waals surface area contributed by atoms with Crippen molar-refractivity contribution in [1.82, 2.24) is 9.88 Å². The minimum Gasteiger partial charge on any atom is -0.454 e. The van der Waals surface area contributed by atoms with Gasteiger partial charge in [-0.1, -0.05) is 36.4 Å². The van der Waals surface area contributed by atoms with Crippen LogP contribution in [0.2, 0.25) is 0 Å². The highest BCUT2D eigenvalue weighted by molar-refractivity contribution is 5.85. The second-order valence-corrected chi connectivity index (χ2v) is 8.63. The first kappa shape index (κ1) is 21.6. The van der Waals surface area contributed by atoms with Crippen LogP contribution in [0.25, 0.3) is 0 Å². The van der Waals surface area contributed by atoms with Crippen LogP contribution in [0.1, 0.15) is 41.0 Å². The van der Waals surface area contributed by atoms with E-state index in [1.54, 1.807) is 0 Å². The molecule has 2 aromatic carbocycles.